The fourth-order valence-electron chi connectivity index (χ4n) is 3.05. The Hall–Kier alpha value is -0.580. The molecular formula is C17H28BrN3. The second kappa shape index (κ2) is 8.16. The summed E-state index contributed by atoms with van der Waals surface area (Å²) in [6.45, 7) is 10.2. The molecule has 21 heavy (non-hydrogen) atoms. The average molecular weight is 354 g/mol. The van der Waals surface area contributed by atoms with Crippen molar-refractivity contribution in [2.24, 2.45) is 0 Å². The zero-order valence-electron chi connectivity index (χ0n) is 13.5. The molecule has 1 aromatic rings. The molecule has 0 saturated carbocycles. The molecule has 1 heterocycles. The molecule has 0 bridgehead atoms. The van der Waals surface area contributed by atoms with Gasteiger partial charge in [0.05, 0.1) is 0 Å². The monoisotopic (exact) mass is 353 g/mol. The van der Waals surface area contributed by atoms with Gasteiger partial charge < -0.3 is 15.1 Å². The van der Waals surface area contributed by atoms with Crippen molar-refractivity contribution in [3.63, 3.8) is 0 Å². The average Bonchev–Trinajstić information content (AvgIpc) is 2.98. The molecular weight excluding hydrogens is 326 g/mol. The van der Waals surface area contributed by atoms with Crippen LogP contribution in [0.25, 0.3) is 0 Å². The Morgan fingerprint density at radius 3 is 2.71 bits per heavy atom. The molecule has 1 fully saturated rings. The Kier molecular flexibility index (Phi) is 6.52. The van der Waals surface area contributed by atoms with Gasteiger partial charge in [-0.2, -0.15) is 0 Å². The molecule has 1 saturated heterocycles. The summed E-state index contributed by atoms with van der Waals surface area (Å²) in [6, 6.07) is 7.00. The van der Waals surface area contributed by atoms with Crippen molar-refractivity contribution in [1.29, 1.82) is 0 Å². The Labute approximate surface area is 137 Å². The van der Waals surface area contributed by atoms with E-state index < -0.39 is 0 Å². The highest BCUT2D eigenvalue weighted by molar-refractivity contribution is 9.10. The van der Waals surface area contributed by atoms with E-state index in [0.29, 0.717) is 6.04 Å². The fourth-order valence-corrected chi connectivity index (χ4v) is 3.40. The van der Waals surface area contributed by atoms with Crippen molar-refractivity contribution < 1.29 is 0 Å². The van der Waals surface area contributed by atoms with Crippen molar-refractivity contribution in [3.05, 3.63) is 28.2 Å². The Balaban J connectivity index is 2.06. The third-order valence-electron chi connectivity index (χ3n) is 4.33. The number of likely N-dealkylation sites (N-methyl/N-ethyl adjacent to an activating group) is 1. The smallest absolute Gasteiger partial charge is 0.0423 e. The summed E-state index contributed by atoms with van der Waals surface area (Å²) in [5.74, 6) is 0. The quantitative estimate of drug-likeness (QED) is 0.806. The maximum Gasteiger partial charge on any atom is 0.0423 e. The molecule has 3 nitrogen and oxygen atoms in total. The number of halogens is 1. The van der Waals surface area contributed by atoms with Crippen LogP contribution in [0.3, 0.4) is 0 Å². The van der Waals surface area contributed by atoms with E-state index in [1.165, 1.54) is 37.2 Å². The van der Waals surface area contributed by atoms with Crippen LogP contribution in [-0.2, 0) is 0 Å². The molecule has 0 radical (unpaired) electrons. The molecule has 118 valence electrons. The first-order valence-electron chi connectivity index (χ1n) is 8.08. The zero-order valence-corrected chi connectivity index (χ0v) is 15.1. The highest BCUT2D eigenvalue weighted by atomic mass is 79.9. The summed E-state index contributed by atoms with van der Waals surface area (Å²) in [5.41, 5.74) is 2.71. The Bertz CT molecular complexity index is 444. The summed E-state index contributed by atoms with van der Waals surface area (Å²) in [7, 11) is 2.21. The van der Waals surface area contributed by atoms with E-state index in [-0.39, 0.29) is 0 Å². The molecule has 1 aromatic carbocycles. The minimum absolute atomic E-state index is 0.382. The van der Waals surface area contributed by atoms with E-state index in [9.17, 15) is 0 Å². The molecule has 1 unspecified atom stereocenters. The Morgan fingerprint density at radius 1 is 1.33 bits per heavy atom. The van der Waals surface area contributed by atoms with Gasteiger partial charge in [0.2, 0.25) is 0 Å². The highest BCUT2D eigenvalue weighted by Crippen LogP contribution is 2.29. The lowest BCUT2D eigenvalue weighted by Crippen LogP contribution is -2.32. The van der Waals surface area contributed by atoms with Crippen LogP contribution in [-0.4, -0.2) is 44.7 Å². The van der Waals surface area contributed by atoms with E-state index in [4.69, 9.17) is 0 Å². The second-order valence-electron chi connectivity index (χ2n) is 5.95. The topological polar surface area (TPSA) is 18.5 Å². The molecule has 0 aliphatic carbocycles. The van der Waals surface area contributed by atoms with E-state index in [2.05, 4.69) is 70.1 Å². The molecule has 1 atom stereocenters. The second-order valence-corrected chi connectivity index (χ2v) is 6.87. The highest BCUT2D eigenvalue weighted by Gasteiger charge is 2.16. The van der Waals surface area contributed by atoms with Gasteiger partial charge in [0, 0.05) is 36.3 Å². The molecule has 1 aliphatic rings. The van der Waals surface area contributed by atoms with Gasteiger partial charge in [-0.3, -0.25) is 0 Å². The SMILES string of the molecule is CCNC(C)c1ccc(Br)cc1N(C)CCN1CCCC1. The van der Waals surface area contributed by atoms with Gasteiger partial charge in [-0.1, -0.05) is 28.9 Å². The minimum atomic E-state index is 0.382. The van der Waals surface area contributed by atoms with Gasteiger partial charge >= 0.3 is 0 Å². The summed E-state index contributed by atoms with van der Waals surface area (Å²) < 4.78 is 1.15. The van der Waals surface area contributed by atoms with Gasteiger partial charge in [0.1, 0.15) is 0 Å². The number of anilines is 1. The molecule has 0 amide bonds. The van der Waals surface area contributed by atoms with Gasteiger partial charge in [0.25, 0.3) is 0 Å². The molecule has 1 aliphatic heterocycles. The number of hydrogen-bond acceptors (Lipinski definition) is 3. The van der Waals surface area contributed by atoms with Crippen molar-refractivity contribution >= 4 is 21.6 Å². The predicted octanol–water partition coefficient (Wildman–Crippen LogP) is 3.65. The van der Waals surface area contributed by atoms with Crippen LogP contribution in [0.5, 0.6) is 0 Å². The van der Waals surface area contributed by atoms with Crippen molar-refractivity contribution in [3.8, 4) is 0 Å². The number of hydrogen-bond donors (Lipinski definition) is 1. The third kappa shape index (κ3) is 4.70. The normalized spacial score (nSPS) is 17.1. The largest absolute Gasteiger partial charge is 0.373 e. The maximum absolute atomic E-state index is 3.61. The predicted molar refractivity (Wildman–Crippen MR) is 95.2 cm³/mol. The summed E-state index contributed by atoms with van der Waals surface area (Å²) in [6.07, 6.45) is 2.73. The number of rotatable bonds is 7. The summed E-state index contributed by atoms with van der Waals surface area (Å²) in [5, 5.41) is 3.52. The molecule has 0 spiro atoms. The van der Waals surface area contributed by atoms with Crippen LogP contribution in [0, 0.1) is 0 Å². The van der Waals surface area contributed by atoms with Crippen molar-refractivity contribution in [2.75, 3.05) is 44.7 Å². The van der Waals surface area contributed by atoms with Gasteiger partial charge in [-0.15, -0.1) is 0 Å². The number of nitrogens with one attached hydrogen (secondary N) is 1. The number of benzene rings is 1. The van der Waals surface area contributed by atoms with Crippen LogP contribution < -0.4 is 10.2 Å². The van der Waals surface area contributed by atoms with E-state index in [1.54, 1.807) is 0 Å². The van der Waals surface area contributed by atoms with Crippen LogP contribution in [0.1, 0.15) is 38.3 Å². The Morgan fingerprint density at radius 2 is 2.05 bits per heavy atom. The van der Waals surface area contributed by atoms with Crippen LogP contribution in [0.4, 0.5) is 5.69 Å². The summed E-state index contributed by atoms with van der Waals surface area (Å²) in [4.78, 5) is 4.97. The summed E-state index contributed by atoms with van der Waals surface area (Å²) >= 11 is 3.61. The standard InChI is InChI=1S/C17H28BrN3/c1-4-19-14(2)16-8-7-15(18)13-17(16)20(3)11-12-21-9-5-6-10-21/h7-8,13-14,19H,4-6,9-12H2,1-3H3. The molecule has 2 rings (SSSR count). The van der Waals surface area contributed by atoms with Crippen LogP contribution in [0.15, 0.2) is 22.7 Å². The minimum Gasteiger partial charge on any atom is -0.373 e. The number of nitrogens with zero attached hydrogens (tertiary/aromatic N) is 2. The molecule has 4 heteroatoms. The number of likely N-dealkylation sites (tertiary alicyclic amines) is 1. The third-order valence-corrected chi connectivity index (χ3v) is 4.82. The van der Waals surface area contributed by atoms with E-state index in [0.717, 1.165) is 24.1 Å². The zero-order chi connectivity index (χ0) is 15.2. The molecule has 1 N–H and O–H groups in total. The van der Waals surface area contributed by atoms with Crippen molar-refractivity contribution in [1.82, 2.24) is 10.2 Å². The van der Waals surface area contributed by atoms with Crippen molar-refractivity contribution in [2.45, 2.75) is 32.7 Å². The van der Waals surface area contributed by atoms with Gasteiger partial charge in [0.15, 0.2) is 0 Å². The lowest BCUT2D eigenvalue weighted by Gasteiger charge is -2.27. The lowest BCUT2D eigenvalue weighted by molar-refractivity contribution is 0.346. The first-order chi connectivity index (χ1) is 10.1. The van der Waals surface area contributed by atoms with Crippen LogP contribution in [0.2, 0.25) is 0 Å². The lowest BCUT2D eigenvalue weighted by atomic mass is 10.1. The van der Waals surface area contributed by atoms with Gasteiger partial charge in [-0.05, 0) is 57.1 Å². The molecule has 0 aromatic heterocycles. The fraction of sp³-hybridized carbons (Fsp3) is 0.647. The first kappa shape index (κ1) is 16.8. The maximum atomic E-state index is 3.61. The van der Waals surface area contributed by atoms with E-state index >= 15 is 0 Å². The first-order valence-corrected chi connectivity index (χ1v) is 8.87. The van der Waals surface area contributed by atoms with Crippen LogP contribution >= 0.6 is 15.9 Å². The van der Waals surface area contributed by atoms with E-state index in [1.807, 2.05) is 0 Å². The van der Waals surface area contributed by atoms with Gasteiger partial charge in [-0.25, -0.2) is 0 Å².